The maximum Gasteiger partial charge on any atom is 0.248 e. The summed E-state index contributed by atoms with van der Waals surface area (Å²) < 4.78 is 3.48. The van der Waals surface area contributed by atoms with E-state index in [0.717, 1.165) is 18.5 Å². The van der Waals surface area contributed by atoms with Gasteiger partial charge in [-0.3, -0.25) is 9.59 Å². The van der Waals surface area contributed by atoms with Gasteiger partial charge in [-0.05, 0) is 24.7 Å². The number of aryl methyl sites for hydroxylation is 1. The predicted molar refractivity (Wildman–Crippen MR) is 134 cm³/mol. The van der Waals surface area contributed by atoms with E-state index < -0.39 is 23.6 Å². The number of fused-ring (bicyclic) bond motifs is 1. The molecule has 198 valence electrons. The van der Waals surface area contributed by atoms with Crippen molar-refractivity contribution in [3.05, 3.63) is 24.5 Å². The highest BCUT2D eigenvalue weighted by Crippen LogP contribution is 2.40. The van der Waals surface area contributed by atoms with Gasteiger partial charge in [-0.1, -0.05) is 26.0 Å². The summed E-state index contributed by atoms with van der Waals surface area (Å²) >= 11 is 0. The highest BCUT2D eigenvalue weighted by Gasteiger charge is 2.45. The first kappa shape index (κ1) is 25.1. The van der Waals surface area contributed by atoms with Crippen LogP contribution in [0.4, 0.5) is 5.82 Å². The van der Waals surface area contributed by atoms with E-state index in [2.05, 4.69) is 30.6 Å². The second-order valence-corrected chi connectivity index (χ2v) is 11.1. The first-order chi connectivity index (χ1) is 17.6. The van der Waals surface area contributed by atoms with Crippen LogP contribution < -0.4 is 11.1 Å². The number of nitrogens with one attached hydrogen (secondary N) is 1. The van der Waals surface area contributed by atoms with Gasteiger partial charge >= 0.3 is 0 Å². The van der Waals surface area contributed by atoms with Gasteiger partial charge in [0, 0.05) is 38.2 Å². The zero-order valence-corrected chi connectivity index (χ0v) is 21.4. The highest BCUT2D eigenvalue weighted by molar-refractivity contribution is 5.90. The predicted octanol–water partition coefficient (Wildman–Crippen LogP) is 0.633. The Kier molecular flexibility index (Phi) is 6.56. The van der Waals surface area contributed by atoms with Gasteiger partial charge in [0.15, 0.2) is 11.5 Å². The topological polar surface area (TPSA) is 170 Å². The lowest BCUT2D eigenvalue weighted by molar-refractivity contribution is -0.144. The van der Waals surface area contributed by atoms with Crippen molar-refractivity contribution in [3.8, 4) is 0 Å². The molecule has 13 heteroatoms. The summed E-state index contributed by atoms with van der Waals surface area (Å²) in [4.78, 5) is 40.8. The fourth-order valence-electron chi connectivity index (χ4n) is 4.97. The van der Waals surface area contributed by atoms with E-state index >= 15 is 0 Å². The van der Waals surface area contributed by atoms with Gasteiger partial charge in [0.05, 0.1) is 18.1 Å². The zero-order chi connectivity index (χ0) is 26.3. The van der Waals surface area contributed by atoms with Crippen molar-refractivity contribution < 1.29 is 14.7 Å². The summed E-state index contributed by atoms with van der Waals surface area (Å²) in [7, 11) is 0. The van der Waals surface area contributed by atoms with Gasteiger partial charge < -0.3 is 25.6 Å². The smallest absolute Gasteiger partial charge is 0.248 e. The molecule has 0 aromatic carbocycles. The minimum absolute atomic E-state index is 0.107. The number of amides is 2. The summed E-state index contributed by atoms with van der Waals surface area (Å²) in [6.45, 7) is 6.97. The number of nitrogen functional groups attached to an aromatic ring is 1. The lowest BCUT2D eigenvalue weighted by Crippen LogP contribution is -2.50. The maximum atomic E-state index is 13.8. The number of nitrogens with zero attached hydrogens (tertiary/aromatic N) is 8. The van der Waals surface area contributed by atoms with E-state index in [-0.39, 0.29) is 24.8 Å². The Labute approximate surface area is 214 Å². The Balaban J connectivity index is 1.23. The Hall–Kier alpha value is -3.61. The molecule has 2 aliphatic rings. The third kappa shape index (κ3) is 5.13. The minimum Gasteiger partial charge on any atom is -0.391 e. The molecule has 1 saturated carbocycles. The van der Waals surface area contributed by atoms with Crippen molar-refractivity contribution in [2.45, 2.75) is 77.1 Å². The van der Waals surface area contributed by atoms with Gasteiger partial charge in [0.2, 0.25) is 11.8 Å². The van der Waals surface area contributed by atoms with Crippen LogP contribution in [0.2, 0.25) is 0 Å². The molecule has 2 fully saturated rings. The van der Waals surface area contributed by atoms with Crippen LogP contribution in [0, 0.1) is 5.41 Å². The molecule has 0 bridgehead atoms. The molecule has 1 aliphatic carbocycles. The van der Waals surface area contributed by atoms with E-state index in [0.29, 0.717) is 42.4 Å². The maximum absolute atomic E-state index is 13.8. The van der Waals surface area contributed by atoms with Gasteiger partial charge in [-0.2, -0.15) is 0 Å². The minimum atomic E-state index is -0.763. The second-order valence-electron chi connectivity index (χ2n) is 11.1. The number of aliphatic hydroxyl groups excluding tert-OH is 1. The van der Waals surface area contributed by atoms with E-state index in [9.17, 15) is 14.7 Å². The third-order valence-corrected chi connectivity index (χ3v) is 7.01. The molecule has 0 unspecified atom stereocenters. The molecule has 13 nitrogen and oxygen atoms in total. The Morgan fingerprint density at radius 1 is 1.24 bits per heavy atom. The molecule has 3 aromatic heterocycles. The fourth-order valence-corrected chi connectivity index (χ4v) is 4.97. The molecule has 3 aromatic rings. The average molecular weight is 511 g/mol. The van der Waals surface area contributed by atoms with Crippen LogP contribution in [0.25, 0.3) is 11.2 Å². The monoisotopic (exact) mass is 510 g/mol. The lowest BCUT2D eigenvalue weighted by Gasteiger charge is -2.34. The van der Waals surface area contributed by atoms with E-state index in [1.165, 1.54) is 11.2 Å². The van der Waals surface area contributed by atoms with Crippen molar-refractivity contribution in [3.63, 3.8) is 0 Å². The summed E-state index contributed by atoms with van der Waals surface area (Å²) in [5.41, 5.74) is 7.45. The van der Waals surface area contributed by atoms with Gasteiger partial charge in [0.25, 0.3) is 0 Å². The molecule has 37 heavy (non-hydrogen) atoms. The third-order valence-electron chi connectivity index (χ3n) is 7.01. The number of imidazole rings is 1. The van der Waals surface area contributed by atoms with Crippen LogP contribution in [0.3, 0.4) is 0 Å². The number of carbonyl (C=O) groups is 2. The van der Waals surface area contributed by atoms with Crippen molar-refractivity contribution in [2.24, 2.45) is 5.41 Å². The van der Waals surface area contributed by atoms with Crippen LogP contribution in [-0.4, -0.2) is 81.6 Å². The van der Waals surface area contributed by atoms with Crippen molar-refractivity contribution >= 4 is 28.8 Å². The summed E-state index contributed by atoms with van der Waals surface area (Å²) in [6.07, 6.45) is 7.13. The summed E-state index contributed by atoms with van der Waals surface area (Å²) in [5.74, 6) is 0.224. The molecule has 0 spiro atoms. The molecule has 4 heterocycles. The number of anilines is 1. The van der Waals surface area contributed by atoms with E-state index in [4.69, 9.17) is 5.73 Å². The van der Waals surface area contributed by atoms with Crippen LogP contribution in [0.1, 0.15) is 64.1 Å². The molecule has 2 amide bonds. The average Bonchev–Trinajstić information content (AvgIpc) is 3.23. The van der Waals surface area contributed by atoms with E-state index in [1.807, 2.05) is 31.5 Å². The number of aliphatic hydroxyl groups is 1. The number of hydrogen-bond donors (Lipinski definition) is 3. The lowest BCUT2D eigenvalue weighted by atomic mass is 9.85. The van der Waals surface area contributed by atoms with Crippen LogP contribution in [-0.2, 0) is 16.1 Å². The molecule has 1 saturated heterocycles. The molecule has 0 radical (unpaired) electrons. The zero-order valence-electron chi connectivity index (χ0n) is 21.4. The van der Waals surface area contributed by atoms with Crippen molar-refractivity contribution in [1.29, 1.82) is 0 Å². The SMILES string of the molecule is CC(C)(C)[C@@H](C(=O)N1C[C@H](O)C[C@H]1C(=O)NCCCn1cnc2c(N)ncnc21)n1cc(C2CC2)nn1. The number of nitrogens with two attached hydrogens (primary N) is 1. The molecular weight excluding hydrogens is 476 g/mol. The van der Waals surface area contributed by atoms with Crippen LogP contribution in [0.15, 0.2) is 18.9 Å². The molecule has 4 N–H and O–H groups in total. The normalized spacial score (nSPS) is 20.9. The van der Waals surface area contributed by atoms with E-state index in [1.54, 1.807) is 11.0 Å². The molecule has 3 atom stereocenters. The Morgan fingerprint density at radius 2 is 2.03 bits per heavy atom. The summed E-state index contributed by atoms with van der Waals surface area (Å²) in [5, 5.41) is 21.9. The quantitative estimate of drug-likeness (QED) is 0.368. The number of likely N-dealkylation sites (tertiary alicyclic amines) is 1. The van der Waals surface area contributed by atoms with Gasteiger partial charge in [0.1, 0.15) is 23.9 Å². The number of hydrogen-bond acceptors (Lipinski definition) is 9. The first-order valence-electron chi connectivity index (χ1n) is 12.7. The number of rotatable bonds is 8. The number of carbonyl (C=O) groups excluding carboxylic acids is 2. The molecule has 5 rings (SSSR count). The number of β-amino-alcohol motifs (C(OH)–C–C–N with tert-alkyl or cyclic N) is 1. The largest absolute Gasteiger partial charge is 0.391 e. The standard InChI is InChI=1S/C24H34N10O3/c1-24(2,3)19(34-11-16(30-31-34)14-5-6-14)23(37)33-10-15(35)9-17(33)22(36)26-7-4-8-32-13-29-18-20(25)27-12-28-21(18)32/h11-15,17,19,35H,4-10H2,1-3H3,(H,26,36)(H2,25,27,28)/t15-,17+,19-/m1/s1. The first-order valence-corrected chi connectivity index (χ1v) is 12.7. The summed E-state index contributed by atoms with van der Waals surface area (Å²) in [6, 6.07) is -1.39. The number of aromatic nitrogens is 7. The van der Waals surface area contributed by atoms with Crippen LogP contribution >= 0.6 is 0 Å². The second kappa shape index (κ2) is 9.69. The van der Waals surface area contributed by atoms with Crippen LogP contribution in [0.5, 0.6) is 0 Å². The molecular formula is C24H34N10O3. The van der Waals surface area contributed by atoms with Gasteiger partial charge in [-0.15, -0.1) is 5.10 Å². The molecule has 1 aliphatic heterocycles. The Morgan fingerprint density at radius 3 is 2.76 bits per heavy atom. The van der Waals surface area contributed by atoms with Gasteiger partial charge in [-0.25, -0.2) is 19.6 Å². The van der Waals surface area contributed by atoms with Crippen molar-refractivity contribution in [2.75, 3.05) is 18.8 Å². The van der Waals surface area contributed by atoms with Crippen molar-refractivity contribution in [1.82, 2.24) is 44.7 Å². The highest BCUT2D eigenvalue weighted by atomic mass is 16.3. The Bertz CT molecular complexity index is 1290. The fraction of sp³-hybridized carbons (Fsp3) is 0.625.